The second-order valence-corrected chi connectivity index (χ2v) is 10.9. The molecule has 2 aromatic heterocycles. The van der Waals surface area contributed by atoms with E-state index in [0.29, 0.717) is 28.1 Å². The van der Waals surface area contributed by atoms with Crippen LogP contribution in [0.5, 0.6) is 5.75 Å². The summed E-state index contributed by atoms with van der Waals surface area (Å²) in [5.74, 6) is 1.04. The van der Waals surface area contributed by atoms with E-state index in [1.165, 1.54) is 11.8 Å². The minimum Gasteiger partial charge on any atom is -0.497 e. The number of hydrogen-bond donors (Lipinski definition) is 0. The van der Waals surface area contributed by atoms with Crippen molar-refractivity contribution in [3.05, 3.63) is 72.1 Å². The van der Waals surface area contributed by atoms with Crippen LogP contribution in [-0.4, -0.2) is 58.4 Å². The van der Waals surface area contributed by atoms with Crippen LogP contribution in [0.25, 0.3) is 0 Å². The van der Waals surface area contributed by atoms with Crippen LogP contribution in [0.4, 0.5) is 5.69 Å². The lowest BCUT2D eigenvalue weighted by Gasteiger charge is -2.41. The third kappa shape index (κ3) is 2.70. The number of fused-ring (bicyclic) bond motifs is 3. The van der Waals surface area contributed by atoms with Crippen LogP contribution in [0, 0.1) is 0 Å². The number of likely N-dealkylation sites (tertiary alicyclic amines) is 1. The molecule has 1 aromatic carbocycles. The fourth-order valence-corrected chi connectivity index (χ4v) is 8.04. The van der Waals surface area contributed by atoms with E-state index in [1.807, 2.05) is 36.2 Å². The Hall–Kier alpha value is -3.08. The first-order valence-electron chi connectivity index (χ1n) is 11.1. The van der Waals surface area contributed by atoms with Crippen molar-refractivity contribution in [1.29, 1.82) is 0 Å². The molecular formula is C25H23N3O5S2. The maximum atomic E-state index is 14.6. The average Bonchev–Trinajstić information content (AvgIpc) is 3.66. The molecule has 0 bridgehead atoms. The molecule has 3 aliphatic heterocycles. The molecule has 3 aliphatic rings. The van der Waals surface area contributed by atoms with Gasteiger partial charge in [0.25, 0.3) is 5.91 Å². The van der Waals surface area contributed by atoms with Crippen LogP contribution in [-0.2, 0) is 21.7 Å². The van der Waals surface area contributed by atoms with Gasteiger partial charge in [-0.3, -0.25) is 19.4 Å². The van der Waals surface area contributed by atoms with Crippen LogP contribution < -0.4 is 9.64 Å². The number of likely N-dealkylation sites (N-methyl/N-ethyl adjacent to an activating group) is 2. The first-order chi connectivity index (χ1) is 16.9. The Morgan fingerprint density at radius 3 is 2.57 bits per heavy atom. The number of furan rings is 2. The third-order valence-corrected chi connectivity index (χ3v) is 9.38. The lowest BCUT2D eigenvalue weighted by molar-refractivity contribution is -0.139. The smallest absolute Gasteiger partial charge is 0.254 e. The molecule has 2 amide bonds. The van der Waals surface area contributed by atoms with Crippen LogP contribution in [0.3, 0.4) is 0 Å². The monoisotopic (exact) mass is 509 g/mol. The van der Waals surface area contributed by atoms with Crippen molar-refractivity contribution >= 4 is 45.8 Å². The number of thioether (sulfide) groups is 1. The van der Waals surface area contributed by atoms with Gasteiger partial charge in [-0.05, 0) is 49.5 Å². The lowest BCUT2D eigenvalue weighted by atomic mass is 9.73. The van der Waals surface area contributed by atoms with Crippen molar-refractivity contribution in [2.24, 2.45) is 0 Å². The van der Waals surface area contributed by atoms with Gasteiger partial charge in [0.05, 0.1) is 32.1 Å². The summed E-state index contributed by atoms with van der Waals surface area (Å²) in [5.41, 5.74) is 0.155. The quantitative estimate of drug-likeness (QED) is 0.494. The van der Waals surface area contributed by atoms with Gasteiger partial charge >= 0.3 is 0 Å². The lowest BCUT2D eigenvalue weighted by Crippen LogP contribution is -2.62. The Bertz CT molecular complexity index is 1340. The molecule has 8 nitrogen and oxygen atoms in total. The second-order valence-electron chi connectivity index (χ2n) is 8.98. The van der Waals surface area contributed by atoms with E-state index in [9.17, 15) is 9.59 Å². The minimum absolute atomic E-state index is 0.180. The number of methoxy groups -OCH3 is 1. The molecule has 0 saturated carbocycles. The first kappa shape index (κ1) is 22.4. The Morgan fingerprint density at radius 1 is 1.11 bits per heavy atom. The summed E-state index contributed by atoms with van der Waals surface area (Å²) in [7, 11) is 5.22. The molecule has 3 atom stereocenters. The fraction of sp³-hybridized carbons (Fsp3) is 0.320. The topological polar surface area (TPSA) is 79.4 Å². The molecule has 0 N–H and O–H groups in total. The number of ether oxygens (including phenoxy) is 1. The normalized spacial score (nSPS) is 28.2. The fourth-order valence-electron chi connectivity index (χ4n) is 5.94. The third-order valence-electron chi connectivity index (χ3n) is 7.44. The Labute approximate surface area is 211 Å². The predicted molar refractivity (Wildman–Crippen MR) is 134 cm³/mol. The summed E-state index contributed by atoms with van der Waals surface area (Å²) in [4.78, 5) is 34.1. The van der Waals surface area contributed by atoms with Gasteiger partial charge < -0.3 is 18.5 Å². The predicted octanol–water partition coefficient (Wildman–Crippen LogP) is 3.58. The van der Waals surface area contributed by atoms with Gasteiger partial charge in [-0.25, -0.2) is 0 Å². The molecule has 0 aliphatic carbocycles. The zero-order valence-corrected chi connectivity index (χ0v) is 21.0. The molecule has 2 spiro atoms. The van der Waals surface area contributed by atoms with Crippen molar-refractivity contribution in [1.82, 2.24) is 9.80 Å². The van der Waals surface area contributed by atoms with Gasteiger partial charge in [-0.1, -0.05) is 24.0 Å². The van der Waals surface area contributed by atoms with E-state index in [1.54, 1.807) is 54.7 Å². The van der Waals surface area contributed by atoms with Crippen LogP contribution in [0.2, 0.25) is 0 Å². The largest absolute Gasteiger partial charge is 0.497 e. The van der Waals surface area contributed by atoms with E-state index >= 15 is 0 Å². The second kappa shape index (κ2) is 7.71. The standard InChI is InChI=1S/C25H23N3O5S2/c1-26-14-18(20-7-5-11-33-20)25(22(30)28(23(34)35-25)13-16-6-4-10-32-16)24(26)17-12-15(31-3)8-9-19(17)27(2)21(24)29/h4-12,18H,13-14H2,1-3H3/t18-,24-,25+/m1/s1. The molecule has 3 aromatic rings. The number of amides is 2. The summed E-state index contributed by atoms with van der Waals surface area (Å²) in [5, 5.41) is 0. The maximum Gasteiger partial charge on any atom is 0.254 e. The minimum atomic E-state index is -1.31. The van der Waals surface area contributed by atoms with Gasteiger partial charge in [0.2, 0.25) is 5.91 Å². The number of nitrogens with zero attached hydrogens (tertiary/aromatic N) is 3. The van der Waals surface area contributed by atoms with E-state index in [0.717, 1.165) is 11.3 Å². The highest BCUT2D eigenvalue weighted by atomic mass is 32.2. The molecule has 2 fully saturated rings. The van der Waals surface area contributed by atoms with Gasteiger partial charge in [-0.15, -0.1) is 0 Å². The molecule has 0 unspecified atom stereocenters. The molecule has 180 valence electrons. The Kier molecular flexibility index (Phi) is 4.93. The number of carbonyl (C=O) groups excluding carboxylic acids is 2. The van der Waals surface area contributed by atoms with E-state index in [4.69, 9.17) is 25.8 Å². The summed E-state index contributed by atoms with van der Waals surface area (Å²) in [6, 6.07) is 12.8. The van der Waals surface area contributed by atoms with Crippen molar-refractivity contribution < 1.29 is 23.2 Å². The number of thiocarbonyl (C=S) groups is 1. The van der Waals surface area contributed by atoms with Gasteiger partial charge in [0.15, 0.2) is 5.54 Å². The molecule has 6 rings (SSSR count). The molecule has 35 heavy (non-hydrogen) atoms. The summed E-state index contributed by atoms with van der Waals surface area (Å²) < 4.78 is 16.0. The number of carbonyl (C=O) groups is 2. The number of benzene rings is 1. The van der Waals surface area contributed by atoms with Crippen molar-refractivity contribution in [3.8, 4) is 5.75 Å². The highest BCUT2D eigenvalue weighted by Gasteiger charge is 2.79. The first-order valence-corrected chi connectivity index (χ1v) is 12.4. The molecule has 5 heterocycles. The Balaban J connectivity index is 1.61. The van der Waals surface area contributed by atoms with Crippen molar-refractivity contribution in [2.75, 3.05) is 32.6 Å². The number of anilines is 1. The van der Waals surface area contributed by atoms with E-state index in [-0.39, 0.29) is 18.4 Å². The zero-order chi connectivity index (χ0) is 24.5. The van der Waals surface area contributed by atoms with Crippen molar-refractivity contribution in [3.63, 3.8) is 0 Å². The number of hydrogen-bond acceptors (Lipinski definition) is 8. The van der Waals surface area contributed by atoms with Crippen LogP contribution in [0.15, 0.2) is 63.8 Å². The van der Waals surface area contributed by atoms with E-state index in [2.05, 4.69) is 0 Å². The SMILES string of the molecule is COc1ccc2c(c1)[C@]1(C(=O)N2C)N(C)C[C@H](c2ccco2)[C@@]12SC(=S)N(Cc1ccco1)C2=O. The highest BCUT2D eigenvalue weighted by molar-refractivity contribution is 8.25. The summed E-state index contributed by atoms with van der Waals surface area (Å²) in [6.45, 7) is 0.624. The van der Waals surface area contributed by atoms with Gasteiger partial charge in [0.1, 0.15) is 26.3 Å². The molecule has 10 heteroatoms. The molecular weight excluding hydrogens is 486 g/mol. The van der Waals surface area contributed by atoms with Crippen LogP contribution >= 0.6 is 24.0 Å². The highest BCUT2D eigenvalue weighted by Crippen LogP contribution is 2.67. The van der Waals surface area contributed by atoms with Crippen LogP contribution in [0.1, 0.15) is 23.0 Å². The summed E-state index contributed by atoms with van der Waals surface area (Å²) in [6.07, 6.45) is 3.16. The average molecular weight is 510 g/mol. The Morgan fingerprint density at radius 2 is 1.89 bits per heavy atom. The number of rotatable bonds is 4. The maximum absolute atomic E-state index is 14.6. The van der Waals surface area contributed by atoms with Gasteiger partial charge in [-0.2, -0.15) is 0 Å². The summed E-state index contributed by atoms with van der Waals surface area (Å²) >= 11 is 7.06. The molecule has 2 saturated heterocycles. The molecule has 0 radical (unpaired) electrons. The van der Waals surface area contributed by atoms with Gasteiger partial charge in [0, 0.05) is 24.8 Å². The van der Waals surface area contributed by atoms with Crippen molar-refractivity contribution in [2.45, 2.75) is 22.7 Å². The zero-order valence-electron chi connectivity index (χ0n) is 19.4. The van der Waals surface area contributed by atoms with E-state index < -0.39 is 16.2 Å².